The second-order valence-electron chi connectivity index (χ2n) is 7.73. The molecule has 0 atom stereocenters. The fraction of sp³-hybridized carbons (Fsp3) is 0.375. The minimum Gasteiger partial charge on any atom is -0.493 e. The van der Waals surface area contributed by atoms with Gasteiger partial charge in [-0.05, 0) is 48.7 Å². The van der Waals surface area contributed by atoms with Gasteiger partial charge in [-0.3, -0.25) is 14.2 Å². The average molecular weight is 437 g/mol. The number of hydrogen-bond donors (Lipinski definition) is 1. The van der Waals surface area contributed by atoms with E-state index in [4.69, 9.17) is 14.2 Å². The molecule has 8 nitrogen and oxygen atoms in total. The summed E-state index contributed by atoms with van der Waals surface area (Å²) < 4.78 is 17.9. The van der Waals surface area contributed by atoms with Gasteiger partial charge in [0.1, 0.15) is 11.6 Å². The molecule has 168 valence electrons. The molecule has 0 saturated heterocycles. The highest BCUT2D eigenvalue weighted by atomic mass is 16.5. The Labute approximate surface area is 186 Å². The molecule has 0 aliphatic carbocycles. The van der Waals surface area contributed by atoms with Crippen molar-refractivity contribution in [1.29, 1.82) is 0 Å². The van der Waals surface area contributed by atoms with Crippen LogP contribution in [-0.4, -0.2) is 36.3 Å². The molecule has 1 N–H and O–H groups in total. The lowest BCUT2D eigenvalue weighted by Gasteiger charge is -2.12. The van der Waals surface area contributed by atoms with E-state index in [1.165, 1.54) is 0 Å². The second kappa shape index (κ2) is 9.72. The van der Waals surface area contributed by atoms with E-state index in [-0.39, 0.29) is 18.1 Å². The molecule has 3 aromatic rings. The van der Waals surface area contributed by atoms with Crippen LogP contribution in [0.4, 0.5) is 0 Å². The van der Waals surface area contributed by atoms with Gasteiger partial charge in [0.25, 0.3) is 11.5 Å². The summed E-state index contributed by atoms with van der Waals surface area (Å²) in [7, 11) is 3.14. The van der Waals surface area contributed by atoms with E-state index in [9.17, 15) is 9.59 Å². The first-order valence-corrected chi connectivity index (χ1v) is 10.7. The number of nitrogens with zero attached hydrogens (tertiary/aromatic N) is 2. The lowest BCUT2D eigenvalue weighted by atomic mass is 10.2. The minimum absolute atomic E-state index is 0.0461. The number of aryl methyl sites for hydroxylation is 1. The molecule has 0 radical (unpaired) electrons. The van der Waals surface area contributed by atoms with Crippen LogP contribution in [0.3, 0.4) is 0 Å². The van der Waals surface area contributed by atoms with E-state index in [1.54, 1.807) is 43.1 Å². The first kappa shape index (κ1) is 21.7. The third kappa shape index (κ3) is 4.69. The van der Waals surface area contributed by atoms with Crippen molar-refractivity contribution in [1.82, 2.24) is 14.9 Å². The van der Waals surface area contributed by atoms with Gasteiger partial charge in [-0.1, -0.05) is 12.5 Å². The molecule has 1 aliphatic rings. The predicted octanol–water partition coefficient (Wildman–Crippen LogP) is 2.84. The monoisotopic (exact) mass is 437 g/mol. The molecular formula is C24H27N3O5. The van der Waals surface area contributed by atoms with Crippen LogP contribution in [0, 0.1) is 0 Å². The van der Waals surface area contributed by atoms with Crippen LogP contribution in [0.1, 0.15) is 30.7 Å². The molecule has 0 unspecified atom stereocenters. The minimum atomic E-state index is -0.267. The number of hydrogen-bond acceptors (Lipinski definition) is 6. The molecule has 1 aliphatic heterocycles. The van der Waals surface area contributed by atoms with Gasteiger partial charge in [0.15, 0.2) is 18.1 Å². The van der Waals surface area contributed by atoms with Crippen molar-refractivity contribution in [2.24, 2.45) is 0 Å². The average Bonchev–Trinajstić information content (AvgIpc) is 3.07. The van der Waals surface area contributed by atoms with Gasteiger partial charge in [-0.25, -0.2) is 4.98 Å². The number of methoxy groups -OCH3 is 2. The van der Waals surface area contributed by atoms with E-state index in [2.05, 4.69) is 10.3 Å². The van der Waals surface area contributed by atoms with Crippen molar-refractivity contribution in [2.75, 3.05) is 20.8 Å². The molecule has 0 spiro atoms. The van der Waals surface area contributed by atoms with Gasteiger partial charge in [0.2, 0.25) is 0 Å². The van der Waals surface area contributed by atoms with E-state index >= 15 is 0 Å². The summed E-state index contributed by atoms with van der Waals surface area (Å²) in [5.41, 5.74) is 1.49. The first-order valence-electron chi connectivity index (χ1n) is 10.7. The second-order valence-corrected chi connectivity index (χ2v) is 7.73. The van der Waals surface area contributed by atoms with E-state index in [1.807, 2.05) is 12.1 Å². The van der Waals surface area contributed by atoms with Crippen molar-refractivity contribution < 1.29 is 19.0 Å². The molecule has 0 saturated carbocycles. The Morgan fingerprint density at radius 1 is 1.06 bits per heavy atom. The number of rotatable bonds is 7. The third-order valence-corrected chi connectivity index (χ3v) is 5.59. The lowest BCUT2D eigenvalue weighted by Crippen LogP contribution is -2.28. The Morgan fingerprint density at radius 3 is 2.72 bits per heavy atom. The van der Waals surface area contributed by atoms with E-state index in [0.29, 0.717) is 41.2 Å². The number of ether oxygens (including phenoxy) is 3. The summed E-state index contributed by atoms with van der Waals surface area (Å²) in [6, 6.07) is 10.6. The Kier molecular flexibility index (Phi) is 6.58. The largest absolute Gasteiger partial charge is 0.493 e. The summed E-state index contributed by atoms with van der Waals surface area (Å²) in [4.78, 5) is 29.9. The number of amides is 1. The zero-order valence-electron chi connectivity index (χ0n) is 18.3. The van der Waals surface area contributed by atoms with Crippen LogP contribution in [0.2, 0.25) is 0 Å². The predicted molar refractivity (Wildman–Crippen MR) is 120 cm³/mol. The van der Waals surface area contributed by atoms with Gasteiger partial charge in [-0.15, -0.1) is 0 Å². The summed E-state index contributed by atoms with van der Waals surface area (Å²) in [5, 5.41) is 3.33. The van der Waals surface area contributed by atoms with Crippen LogP contribution in [0.5, 0.6) is 17.2 Å². The number of carbonyl (C=O) groups excluding carboxylic acids is 1. The molecule has 4 rings (SSSR count). The van der Waals surface area contributed by atoms with Crippen molar-refractivity contribution in [3.63, 3.8) is 0 Å². The topological polar surface area (TPSA) is 91.7 Å². The van der Waals surface area contributed by atoms with Crippen molar-refractivity contribution in [3.05, 3.63) is 58.1 Å². The fourth-order valence-electron chi connectivity index (χ4n) is 3.88. The molecule has 0 fully saturated rings. The Morgan fingerprint density at radius 2 is 1.91 bits per heavy atom. The van der Waals surface area contributed by atoms with Crippen LogP contribution in [0.15, 0.2) is 41.2 Å². The van der Waals surface area contributed by atoms with Crippen LogP contribution >= 0.6 is 0 Å². The maximum absolute atomic E-state index is 12.9. The van der Waals surface area contributed by atoms with Crippen molar-refractivity contribution in [3.8, 4) is 17.2 Å². The van der Waals surface area contributed by atoms with Crippen LogP contribution in [0.25, 0.3) is 10.9 Å². The maximum atomic E-state index is 12.9. The highest BCUT2D eigenvalue weighted by Gasteiger charge is 2.14. The van der Waals surface area contributed by atoms with E-state index in [0.717, 1.165) is 37.1 Å². The zero-order chi connectivity index (χ0) is 22.5. The normalized spacial score (nSPS) is 13.2. The highest BCUT2D eigenvalue weighted by molar-refractivity contribution is 5.80. The molecule has 2 heterocycles. The van der Waals surface area contributed by atoms with Crippen LogP contribution < -0.4 is 25.1 Å². The molecular weight excluding hydrogens is 410 g/mol. The lowest BCUT2D eigenvalue weighted by molar-refractivity contribution is -0.123. The van der Waals surface area contributed by atoms with Crippen molar-refractivity contribution in [2.45, 2.75) is 38.8 Å². The van der Waals surface area contributed by atoms with E-state index < -0.39 is 0 Å². The first-order chi connectivity index (χ1) is 15.6. The maximum Gasteiger partial charge on any atom is 0.261 e. The summed E-state index contributed by atoms with van der Waals surface area (Å²) in [5.74, 6) is 2.28. The van der Waals surface area contributed by atoms with Crippen molar-refractivity contribution >= 4 is 16.8 Å². The quantitative estimate of drug-likeness (QED) is 0.611. The molecule has 1 amide bonds. The smallest absolute Gasteiger partial charge is 0.261 e. The number of aromatic nitrogens is 2. The Balaban J connectivity index is 1.40. The third-order valence-electron chi connectivity index (χ3n) is 5.59. The molecule has 32 heavy (non-hydrogen) atoms. The Bertz CT molecular complexity index is 1190. The Hall–Kier alpha value is -3.55. The van der Waals surface area contributed by atoms with Gasteiger partial charge in [0, 0.05) is 19.5 Å². The zero-order valence-corrected chi connectivity index (χ0v) is 18.3. The summed E-state index contributed by atoms with van der Waals surface area (Å²) in [6.07, 6.45) is 3.96. The highest BCUT2D eigenvalue weighted by Crippen LogP contribution is 2.27. The molecule has 0 bridgehead atoms. The van der Waals surface area contributed by atoms with Gasteiger partial charge in [0.05, 0.1) is 25.1 Å². The molecule has 1 aromatic heterocycles. The van der Waals surface area contributed by atoms with Gasteiger partial charge < -0.3 is 19.5 Å². The van der Waals surface area contributed by atoms with Gasteiger partial charge in [-0.2, -0.15) is 0 Å². The number of carbonyl (C=O) groups is 1. The standard InChI is InChI=1S/C24H27N3O5/c1-30-20-10-7-16(12-21(20)31-2)14-25-23(28)15-32-17-8-9-19-18(13-17)24(29)27-11-5-3-4-6-22(27)26-19/h7-10,12-13H,3-6,11,14-15H2,1-2H3,(H,25,28). The van der Waals surface area contributed by atoms with Gasteiger partial charge >= 0.3 is 0 Å². The summed E-state index contributed by atoms with van der Waals surface area (Å²) in [6.45, 7) is 0.872. The summed E-state index contributed by atoms with van der Waals surface area (Å²) >= 11 is 0. The SMILES string of the molecule is COc1ccc(CNC(=O)COc2ccc3nc4n(c(=O)c3c2)CCCCC4)cc1OC. The number of benzene rings is 2. The fourth-order valence-corrected chi connectivity index (χ4v) is 3.88. The molecule has 8 heteroatoms. The van der Waals surface area contributed by atoms with Crippen LogP contribution in [-0.2, 0) is 24.3 Å². The number of nitrogens with one attached hydrogen (secondary N) is 1. The molecule has 2 aromatic carbocycles. The number of fused-ring (bicyclic) bond motifs is 2.